The lowest BCUT2D eigenvalue weighted by Gasteiger charge is -2.30. The van der Waals surface area contributed by atoms with Gasteiger partial charge >= 0.3 is 0 Å². The SMILES string of the molecule is NC(=O)C=Cc1c[nH]c2ncnc(OCCN3CCC3)c12. The lowest BCUT2D eigenvalue weighted by molar-refractivity contribution is -0.113. The van der Waals surface area contributed by atoms with Crippen LogP contribution in [0.25, 0.3) is 17.1 Å². The number of H-pyrrole nitrogens is 1. The minimum atomic E-state index is -0.499. The molecule has 1 amide bonds. The van der Waals surface area contributed by atoms with Gasteiger partial charge in [-0.2, -0.15) is 0 Å². The van der Waals surface area contributed by atoms with Crippen molar-refractivity contribution in [2.75, 3.05) is 26.2 Å². The summed E-state index contributed by atoms with van der Waals surface area (Å²) in [5.74, 6) is 0.0207. The van der Waals surface area contributed by atoms with Crippen LogP contribution in [0.15, 0.2) is 18.6 Å². The molecule has 0 aromatic carbocycles. The van der Waals surface area contributed by atoms with Crippen LogP contribution in [0, 0.1) is 0 Å². The van der Waals surface area contributed by atoms with Crippen LogP contribution in [0.2, 0.25) is 0 Å². The van der Waals surface area contributed by atoms with Crippen LogP contribution in [0.1, 0.15) is 12.0 Å². The Hall–Kier alpha value is -2.41. The minimum absolute atomic E-state index is 0.499. The Morgan fingerprint density at radius 2 is 2.33 bits per heavy atom. The van der Waals surface area contributed by atoms with Crippen LogP contribution in [0.3, 0.4) is 0 Å². The molecule has 0 radical (unpaired) electrons. The van der Waals surface area contributed by atoms with Gasteiger partial charge in [0.2, 0.25) is 11.8 Å². The highest BCUT2D eigenvalue weighted by atomic mass is 16.5. The molecule has 110 valence electrons. The summed E-state index contributed by atoms with van der Waals surface area (Å²) in [5, 5.41) is 0.763. The Kier molecular flexibility index (Phi) is 3.83. The number of carbonyl (C=O) groups is 1. The topological polar surface area (TPSA) is 97.1 Å². The molecule has 0 unspecified atom stereocenters. The Labute approximate surface area is 121 Å². The lowest BCUT2D eigenvalue weighted by atomic mass is 10.2. The third kappa shape index (κ3) is 3.03. The average Bonchev–Trinajstić information content (AvgIpc) is 2.83. The second kappa shape index (κ2) is 5.92. The first-order valence-corrected chi connectivity index (χ1v) is 6.89. The molecule has 1 aliphatic heterocycles. The van der Waals surface area contributed by atoms with Crippen molar-refractivity contribution in [3.05, 3.63) is 24.2 Å². The molecule has 1 aliphatic rings. The molecule has 0 atom stereocenters. The molecule has 3 heterocycles. The fourth-order valence-corrected chi connectivity index (χ4v) is 2.25. The highest BCUT2D eigenvalue weighted by Gasteiger charge is 2.14. The second-order valence-electron chi connectivity index (χ2n) is 4.93. The summed E-state index contributed by atoms with van der Waals surface area (Å²) < 4.78 is 5.77. The number of aromatic nitrogens is 3. The van der Waals surface area contributed by atoms with E-state index in [1.807, 2.05) is 0 Å². The molecule has 3 N–H and O–H groups in total. The van der Waals surface area contributed by atoms with E-state index < -0.39 is 5.91 Å². The standard InChI is InChI=1S/C14H17N5O2/c15-11(20)3-2-10-8-16-13-12(10)14(18-9-17-13)21-7-6-19-4-1-5-19/h2-3,8-9H,1,4-7H2,(H2,15,20)(H,16,17,18). The van der Waals surface area contributed by atoms with Gasteiger partial charge in [-0.3, -0.25) is 9.69 Å². The third-order valence-corrected chi connectivity index (χ3v) is 3.49. The maximum atomic E-state index is 10.9. The summed E-state index contributed by atoms with van der Waals surface area (Å²) in [6.45, 7) is 3.75. The number of amides is 1. The predicted octanol–water partition coefficient (Wildman–Crippen LogP) is 0.541. The molecule has 2 aromatic rings. The molecule has 0 spiro atoms. The first-order valence-electron chi connectivity index (χ1n) is 6.89. The van der Waals surface area contributed by atoms with Crippen molar-refractivity contribution >= 4 is 23.0 Å². The van der Waals surface area contributed by atoms with E-state index in [1.165, 1.54) is 18.8 Å². The third-order valence-electron chi connectivity index (χ3n) is 3.49. The van der Waals surface area contributed by atoms with Gasteiger partial charge in [0.05, 0.1) is 5.39 Å². The number of likely N-dealkylation sites (tertiary alicyclic amines) is 1. The van der Waals surface area contributed by atoms with Crippen molar-refractivity contribution < 1.29 is 9.53 Å². The molecule has 1 saturated heterocycles. The number of nitrogens with zero attached hydrogens (tertiary/aromatic N) is 3. The molecular formula is C14H17N5O2. The number of rotatable bonds is 6. The number of nitrogens with two attached hydrogens (primary N) is 1. The summed E-state index contributed by atoms with van der Waals surface area (Å²) in [7, 11) is 0. The maximum absolute atomic E-state index is 10.9. The van der Waals surface area contributed by atoms with Crippen molar-refractivity contribution in [2.45, 2.75) is 6.42 Å². The number of primary amides is 1. The van der Waals surface area contributed by atoms with Gasteiger partial charge < -0.3 is 15.5 Å². The van der Waals surface area contributed by atoms with Gasteiger partial charge in [-0.1, -0.05) is 0 Å². The van der Waals surface area contributed by atoms with Crippen LogP contribution in [0.4, 0.5) is 0 Å². The van der Waals surface area contributed by atoms with Crippen molar-refractivity contribution in [3.8, 4) is 5.88 Å². The predicted molar refractivity (Wildman–Crippen MR) is 78.7 cm³/mol. The van der Waals surface area contributed by atoms with E-state index in [0.717, 1.165) is 30.6 Å². The Morgan fingerprint density at radius 1 is 1.48 bits per heavy atom. The van der Waals surface area contributed by atoms with Crippen LogP contribution in [-0.2, 0) is 4.79 Å². The van der Waals surface area contributed by atoms with E-state index in [1.54, 1.807) is 12.3 Å². The van der Waals surface area contributed by atoms with Gasteiger partial charge in [0.25, 0.3) is 0 Å². The van der Waals surface area contributed by atoms with E-state index in [9.17, 15) is 4.79 Å². The van der Waals surface area contributed by atoms with Gasteiger partial charge in [0, 0.05) is 24.4 Å². The first-order chi connectivity index (χ1) is 10.2. The molecular weight excluding hydrogens is 270 g/mol. The average molecular weight is 287 g/mol. The van der Waals surface area contributed by atoms with Crippen LogP contribution >= 0.6 is 0 Å². The maximum Gasteiger partial charge on any atom is 0.241 e. The summed E-state index contributed by atoms with van der Waals surface area (Å²) in [4.78, 5) is 24.5. The number of carbonyl (C=O) groups excluding carboxylic acids is 1. The molecule has 7 heteroatoms. The number of hydrogen-bond donors (Lipinski definition) is 2. The molecule has 0 aliphatic carbocycles. The van der Waals surface area contributed by atoms with Crippen LogP contribution < -0.4 is 10.5 Å². The second-order valence-corrected chi connectivity index (χ2v) is 4.93. The quantitative estimate of drug-likeness (QED) is 0.756. The van der Waals surface area contributed by atoms with E-state index >= 15 is 0 Å². The summed E-state index contributed by atoms with van der Waals surface area (Å²) in [5.41, 5.74) is 6.58. The first kappa shape index (κ1) is 13.6. The molecule has 2 aromatic heterocycles. The van der Waals surface area contributed by atoms with Crippen molar-refractivity contribution in [1.82, 2.24) is 19.9 Å². The van der Waals surface area contributed by atoms with Gasteiger partial charge in [0.1, 0.15) is 18.6 Å². The van der Waals surface area contributed by atoms with Gasteiger partial charge in [-0.15, -0.1) is 0 Å². The number of nitrogens with one attached hydrogen (secondary N) is 1. The van der Waals surface area contributed by atoms with Crippen LogP contribution in [-0.4, -0.2) is 52.0 Å². The molecule has 7 nitrogen and oxygen atoms in total. The lowest BCUT2D eigenvalue weighted by Crippen LogP contribution is -2.39. The fourth-order valence-electron chi connectivity index (χ4n) is 2.25. The highest BCUT2D eigenvalue weighted by Crippen LogP contribution is 2.26. The Morgan fingerprint density at radius 3 is 3.05 bits per heavy atom. The minimum Gasteiger partial charge on any atom is -0.476 e. The van der Waals surface area contributed by atoms with Crippen LogP contribution in [0.5, 0.6) is 5.88 Å². The number of hydrogen-bond acceptors (Lipinski definition) is 5. The summed E-state index contributed by atoms with van der Waals surface area (Å²) >= 11 is 0. The summed E-state index contributed by atoms with van der Waals surface area (Å²) in [6.07, 6.45) is 7.41. The fraction of sp³-hybridized carbons (Fsp3) is 0.357. The Bertz CT molecular complexity index is 675. The number of aromatic amines is 1. The molecule has 0 bridgehead atoms. The van der Waals surface area contributed by atoms with Gasteiger partial charge in [-0.25, -0.2) is 9.97 Å². The van der Waals surface area contributed by atoms with E-state index in [-0.39, 0.29) is 0 Å². The van der Waals surface area contributed by atoms with E-state index in [0.29, 0.717) is 18.1 Å². The number of fused-ring (bicyclic) bond motifs is 1. The molecule has 0 saturated carbocycles. The largest absolute Gasteiger partial charge is 0.476 e. The zero-order chi connectivity index (χ0) is 14.7. The van der Waals surface area contributed by atoms with Crippen molar-refractivity contribution in [1.29, 1.82) is 0 Å². The summed E-state index contributed by atoms with van der Waals surface area (Å²) in [6, 6.07) is 0. The smallest absolute Gasteiger partial charge is 0.241 e. The van der Waals surface area contributed by atoms with Crippen molar-refractivity contribution in [3.63, 3.8) is 0 Å². The van der Waals surface area contributed by atoms with E-state index in [2.05, 4.69) is 19.9 Å². The highest BCUT2D eigenvalue weighted by molar-refractivity contribution is 5.96. The molecule has 21 heavy (non-hydrogen) atoms. The normalized spacial score (nSPS) is 15.4. The Balaban J connectivity index is 1.79. The monoisotopic (exact) mass is 287 g/mol. The molecule has 3 rings (SSSR count). The zero-order valence-electron chi connectivity index (χ0n) is 11.6. The zero-order valence-corrected chi connectivity index (χ0v) is 11.6. The van der Waals surface area contributed by atoms with Crippen molar-refractivity contribution in [2.24, 2.45) is 5.73 Å². The van der Waals surface area contributed by atoms with E-state index in [4.69, 9.17) is 10.5 Å². The molecule has 1 fully saturated rings. The van der Waals surface area contributed by atoms with Gasteiger partial charge in [-0.05, 0) is 25.6 Å². The number of ether oxygens (including phenoxy) is 1. The van der Waals surface area contributed by atoms with Gasteiger partial charge in [0.15, 0.2) is 0 Å².